The number of allylic oxidation sites excluding steroid dienone is 6. The van der Waals surface area contributed by atoms with Gasteiger partial charge in [-0.3, -0.25) is 0 Å². The molecular weight excluding hydrogens is 424 g/mol. The Bertz CT molecular complexity index is 1210. The summed E-state index contributed by atoms with van der Waals surface area (Å²) < 4.78 is 2.38. The Morgan fingerprint density at radius 2 is 1.43 bits per heavy atom. The van der Waals surface area contributed by atoms with Crippen molar-refractivity contribution in [3.05, 3.63) is 95.7 Å². The normalized spacial score (nSPS) is 26.7. The number of hydrogen-bond acceptors (Lipinski definition) is 1. The molecule has 0 N–H and O–H groups in total. The van der Waals surface area contributed by atoms with E-state index in [1.54, 1.807) is 0 Å². The zero-order valence-corrected chi connectivity index (χ0v) is 23.0. The molecule has 2 heterocycles. The van der Waals surface area contributed by atoms with Gasteiger partial charge in [-0.05, 0) is 43.4 Å². The van der Waals surface area contributed by atoms with Gasteiger partial charge < -0.3 is 4.90 Å². The molecule has 2 nitrogen and oxygen atoms in total. The van der Waals surface area contributed by atoms with E-state index in [-0.39, 0.29) is 10.8 Å². The van der Waals surface area contributed by atoms with Crippen LogP contribution in [0.2, 0.25) is 0 Å². The molecule has 4 atom stereocenters. The van der Waals surface area contributed by atoms with Crippen molar-refractivity contribution in [2.75, 3.05) is 19.0 Å². The van der Waals surface area contributed by atoms with Crippen LogP contribution in [0.25, 0.3) is 0 Å². The Kier molecular flexibility index (Phi) is 6.95. The third-order valence-electron chi connectivity index (χ3n) is 9.36. The zero-order valence-electron chi connectivity index (χ0n) is 23.0. The summed E-state index contributed by atoms with van der Waals surface area (Å²) in [5.74, 6) is 1.11. The Balaban J connectivity index is 1.65. The van der Waals surface area contributed by atoms with Crippen molar-refractivity contribution in [1.82, 2.24) is 0 Å². The first-order chi connectivity index (χ1) is 16.7. The van der Waals surface area contributed by atoms with E-state index in [2.05, 4.69) is 144 Å². The lowest BCUT2D eigenvalue weighted by Gasteiger charge is -2.34. The van der Waals surface area contributed by atoms with Crippen molar-refractivity contribution in [3.63, 3.8) is 0 Å². The summed E-state index contributed by atoms with van der Waals surface area (Å²) >= 11 is 0. The first-order valence-corrected chi connectivity index (χ1v) is 13.3. The van der Waals surface area contributed by atoms with Crippen LogP contribution in [0, 0.1) is 11.8 Å². The molecule has 0 amide bonds. The monoisotopic (exact) mass is 467 g/mol. The van der Waals surface area contributed by atoms with Crippen LogP contribution in [0.5, 0.6) is 0 Å². The summed E-state index contributed by atoms with van der Waals surface area (Å²) in [6, 6.07) is 17.8. The second-order valence-corrected chi connectivity index (χ2v) is 10.9. The molecule has 0 saturated carbocycles. The van der Waals surface area contributed by atoms with E-state index in [0.29, 0.717) is 11.8 Å². The standard InChI is InChI=1S/C33H43N2/c1-9-24(3)32(5)26-18-14-16-20-28(26)34(7)30(32)22-12-11-13-23-31-33(6,25(4)10-2)27-19-15-17-21-29(27)35(31)8/h11-25H,9-10H2,1-8H3/q+1/t24-,25-,32+,33+/m0/s1. The molecule has 4 rings (SSSR count). The molecule has 0 fully saturated rings. The predicted octanol–water partition coefficient (Wildman–Crippen LogP) is 8.17. The van der Waals surface area contributed by atoms with E-state index >= 15 is 0 Å². The van der Waals surface area contributed by atoms with E-state index < -0.39 is 0 Å². The number of likely N-dealkylation sites (N-methyl/N-ethyl adjacent to an activating group) is 1. The van der Waals surface area contributed by atoms with E-state index in [1.807, 2.05) is 0 Å². The van der Waals surface area contributed by atoms with Gasteiger partial charge in [0.1, 0.15) is 7.05 Å². The van der Waals surface area contributed by atoms with Crippen LogP contribution in [-0.4, -0.2) is 24.4 Å². The van der Waals surface area contributed by atoms with E-state index in [9.17, 15) is 0 Å². The topological polar surface area (TPSA) is 6.25 Å². The number of anilines is 1. The fraction of sp³-hybridized carbons (Fsp3) is 0.424. The summed E-state index contributed by atoms with van der Waals surface area (Å²) in [5.41, 5.74) is 8.33. The molecule has 2 aromatic rings. The predicted molar refractivity (Wildman–Crippen MR) is 152 cm³/mol. The van der Waals surface area contributed by atoms with Gasteiger partial charge in [-0.1, -0.05) is 95.2 Å². The SMILES string of the molecule is CC[C@H](C)[C@@]1(C)C(/C=C/C=C/C=C2\N(C)c3ccccc3[C@@]2(C)[C@@H](C)CC)=[N+](C)c2ccccc21. The smallest absolute Gasteiger partial charge is 0.209 e. The van der Waals surface area contributed by atoms with Crippen molar-refractivity contribution < 1.29 is 4.58 Å². The van der Waals surface area contributed by atoms with Crippen molar-refractivity contribution in [3.8, 4) is 0 Å². The summed E-state index contributed by atoms with van der Waals surface area (Å²) in [6.07, 6.45) is 13.6. The maximum atomic E-state index is 2.41. The molecule has 0 spiro atoms. The van der Waals surface area contributed by atoms with E-state index in [1.165, 1.54) is 33.9 Å². The molecule has 0 radical (unpaired) electrons. The highest BCUT2D eigenvalue weighted by atomic mass is 15.2. The first-order valence-electron chi connectivity index (χ1n) is 13.3. The van der Waals surface area contributed by atoms with Crippen molar-refractivity contribution in [2.24, 2.45) is 11.8 Å². The van der Waals surface area contributed by atoms with Crippen LogP contribution in [0.1, 0.15) is 65.5 Å². The lowest BCUT2D eigenvalue weighted by atomic mass is 9.69. The Morgan fingerprint density at radius 3 is 2.11 bits per heavy atom. The third-order valence-corrected chi connectivity index (χ3v) is 9.36. The molecular formula is C33H43N2+. The second kappa shape index (κ2) is 9.64. The minimum atomic E-state index is 0.0192. The molecule has 2 aromatic carbocycles. The summed E-state index contributed by atoms with van der Waals surface area (Å²) in [6.45, 7) is 14.2. The Morgan fingerprint density at radius 1 is 0.829 bits per heavy atom. The highest BCUT2D eigenvalue weighted by Crippen LogP contribution is 2.52. The highest BCUT2D eigenvalue weighted by molar-refractivity contribution is 6.03. The average molecular weight is 468 g/mol. The molecule has 0 aromatic heterocycles. The molecule has 0 bridgehead atoms. The van der Waals surface area contributed by atoms with Crippen LogP contribution in [0.4, 0.5) is 11.4 Å². The molecule has 184 valence electrons. The van der Waals surface area contributed by atoms with Gasteiger partial charge in [-0.2, -0.15) is 4.58 Å². The molecule has 2 aliphatic heterocycles. The van der Waals surface area contributed by atoms with Crippen LogP contribution in [0.15, 0.2) is 84.6 Å². The molecule has 0 aliphatic carbocycles. The van der Waals surface area contributed by atoms with Crippen LogP contribution in [-0.2, 0) is 10.8 Å². The average Bonchev–Trinajstić information content (AvgIpc) is 3.24. The fourth-order valence-corrected chi connectivity index (χ4v) is 6.42. The Hall–Kier alpha value is -2.87. The number of para-hydroxylation sites is 2. The van der Waals surface area contributed by atoms with E-state index in [4.69, 9.17) is 0 Å². The van der Waals surface area contributed by atoms with Crippen molar-refractivity contribution in [1.29, 1.82) is 0 Å². The van der Waals surface area contributed by atoms with Gasteiger partial charge in [-0.15, -0.1) is 0 Å². The summed E-state index contributed by atoms with van der Waals surface area (Å²) in [7, 11) is 4.42. The summed E-state index contributed by atoms with van der Waals surface area (Å²) in [4.78, 5) is 2.38. The highest BCUT2D eigenvalue weighted by Gasteiger charge is 2.49. The largest absolute Gasteiger partial charge is 0.347 e. The zero-order chi connectivity index (χ0) is 25.4. The second-order valence-electron chi connectivity index (χ2n) is 10.9. The molecule has 0 saturated heterocycles. The van der Waals surface area contributed by atoms with Gasteiger partial charge in [-0.25, -0.2) is 0 Å². The van der Waals surface area contributed by atoms with Crippen LogP contribution >= 0.6 is 0 Å². The fourth-order valence-electron chi connectivity index (χ4n) is 6.42. The van der Waals surface area contributed by atoms with E-state index in [0.717, 1.165) is 12.8 Å². The molecule has 0 unspecified atom stereocenters. The first kappa shape index (κ1) is 25.2. The lowest BCUT2D eigenvalue weighted by Crippen LogP contribution is -2.37. The van der Waals surface area contributed by atoms with Gasteiger partial charge >= 0.3 is 0 Å². The van der Waals surface area contributed by atoms with Crippen molar-refractivity contribution in [2.45, 2.75) is 65.2 Å². The maximum Gasteiger partial charge on any atom is 0.209 e. The number of hydrogen-bond donors (Lipinski definition) is 0. The van der Waals surface area contributed by atoms with Crippen LogP contribution in [0.3, 0.4) is 0 Å². The summed E-state index contributed by atoms with van der Waals surface area (Å²) in [5, 5.41) is 0. The lowest BCUT2D eigenvalue weighted by molar-refractivity contribution is -0.401. The van der Waals surface area contributed by atoms with Crippen LogP contribution < -0.4 is 4.90 Å². The van der Waals surface area contributed by atoms with Gasteiger partial charge in [0.15, 0.2) is 5.71 Å². The molecule has 2 aliphatic rings. The Labute approximate surface area is 213 Å². The van der Waals surface area contributed by atoms with Gasteiger partial charge in [0.25, 0.3) is 0 Å². The molecule has 2 heteroatoms. The van der Waals surface area contributed by atoms with Gasteiger partial charge in [0, 0.05) is 41.6 Å². The quantitative estimate of drug-likeness (QED) is 0.294. The van der Waals surface area contributed by atoms with Gasteiger partial charge in [0.05, 0.1) is 5.41 Å². The number of fused-ring (bicyclic) bond motifs is 2. The minimum Gasteiger partial charge on any atom is -0.347 e. The van der Waals surface area contributed by atoms with Crippen molar-refractivity contribution >= 4 is 17.1 Å². The maximum absolute atomic E-state index is 2.41. The third kappa shape index (κ3) is 3.82. The number of benzene rings is 2. The number of nitrogens with zero attached hydrogens (tertiary/aromatic N) is 2. The number of rotatable bonds is 7. The molecule has 35 heavy (non-hydrogen) atoms. The van der Waals surface area contributed by atoms with Gasteiger partial charge in [0.2, 0.25) is 5.69 Å². The minimum absolute atomic E-state index is 0.0192.